The number of hydrogen-bond acceptors (Lipinski definition) is 8. The van der Waals surface area contributed by atoms with Gasteiger partial charge in [0, 0.05) is 30.2 Å². The summed E-state index contributed by atoms with van der Waals surface area (Å²) in [5.41, 5.74) is 1.16. The molecule has 0 aliphatic rings. The van der Waals surface area contributed by atoms with Crippen molar-refractivity contribution in [2.24, 2.45) is 0 Å². The van der Waals surface area contributed by atoms with Crippen LogP contribution in [0.15, 0.2) is 40.8 Å². The smallest absolute Gasteiger partial charge is 0.291 e. The van der Waals surface area contributed by atoms with Crippen LogP contribution in [-0.2, 0) is 6.42 Å². The highest BCUT2D eigenvalue weighted by atomic mass is 16.5. The van der Waals surface area contributed by atoms with Crippen LogP contribution in [0.3, 0.4) is 0 Å². The van der Waals surface area contributed by atoms with Crippen LogP contribution in [0.1, 0.15) is 21.9 Å². The molecule has 0 bridgehead atoms. The predicted octanol–water partition coefficient (Wildman–Crippen LogP) is 3.56. The molecule has 1 amide bonds. The van der Waals surface area contributed by atoms with Gasteiger partial charge in [0.2, 0.25) is 11.8 Å². The first kappa shape index (κ1) is 21.8. The minimum absolute atomic E-state index is 0.138. The van der Waals surface area contributed by atoms with Crippen molar-refractivity contribution >= 4 is 11.6 Å². The number of benzene rings is 1. The van der Waals surface area contributed by atoms with E-state index in [0.717, 1.165) is 5.56 Å². The third-order valence-electron chi connectivity index (χ3n) is 4.54. The Kier molecular flexibility index (Phi) is 6.86. The number of pyridine rings is 1. The summed E-state index contributed by atoms with van der Waals surface area (Å²) in [5.74, 6) is 2.65. The molecule has 9 nitrogen and oxygen atoms in total. The third kappa shape index (κ3) is 4.82. The molecule has 3 aromatic rings. The molecule has 3 rings (SSSR count). The van der Waals surface area contributed by atoms with Gasteiger partial charge in [0.15, 0.2) is 5.76 Å². The zero-order valence-corrected chi connectivity index (χ0v) is 18.0. The molecule has 0 saturated heterocycles. The SMILES string of the molecule is COc1cc(OC)c(Cc2ccc(C(=O)Nc3ccc(OC)nc3OC)o2)c(OC)c1. The van der Waals surface area contributed by atoms with E-state index in [2.05, 4.69) is 10.3 Å². The fourth-order valence-electron chi connectivity index (χ4n) is 2.99. The lowest BCUT2D eigenvalue weighted by atomic mass is 10.1. The van der Waals surface area contributed by atoms with E-state index >= 15 is 0 Å². The summed E-state index contributed by atoms with van der Waals surface area (Å²) in [6.07, 6.45) is 0.358. The van der Waals surface area contributed by atoms with E-state index < -0.39 is 5.91 Å². The number of nitrogens with one attached hydrogen (secondary N) is 1. The number of rotatable bonds is 9. The van der Waals surface area contributed by atoms with Crippen LogP contribution in [0.25, 0.3) is 0 Å². The summed E-state index contributed by atoms with van der Waals surface area (Å²) >= 11 is 0. The number of methoxy groups -OCH3 is 5. The van der Waals surface area contributed by atoms with Gasteiger partial charge < -0.3 is 33.4 Å². The van der Waals surface area contributed by atoms with E-state index in [-0.39, 0.29) is 11.6 Å². The number of amides is 1. The van der Waals surface area contributed by atoms with E-state index in [1.807, 2.05) is 0 Å². The van der Waals surface area contributed by atoms with Gasteiger partial charge in [-0.15, -0.1) is 0 Å². The van der Waals surface area contributed by atoms with Gasteiger partial charge >= 0.3 is 0 Å². The molecule has 2 heterocycles. The highest BCUT2D eigenvalue weighted by molar-refractivity contribution is 6.03. The Hall–Kier alpha value is -3.88. The van der Waals surface area contributed by atoms with E-state index in [0.29, 0.717) is 41.0 Å². The van der Waals surface area contributed by atoms with Crippen molar-refractivity contribution in [3.8, 4) is 29.0 Å². The Morgan fingerprint density at radius 1 is 0.903 bits per heavy atom. The Morgan fingerprint density at radius 3 is 2.19 bits per heavy atom. The van der Waals surface area contributed by atoms with Crippen molar-refractivity contribution in [1.29, 1.82) is 0 Å². The molecule has 2 aromatic heterocycles. The summed E-state index contributed by atoms with van der Waals surface area (Å²) in [6.45, 7) is 0. The maximum atomic E-state index is 12.6. The van der Waals surface area contributed by atoms with Gasteiger partial charge in [-0.2, -0.15) is 4.98 Å². The van der Waals surface area contributed by atoms with Crippen LogP contribution in [0.2, 0.25) is 0 Å². The number of carbonyl (C=O) groups excluding carboxylic acids is 1. The average molecular weight is 428 g/mol. The van der Waals surface area contributed by atoms with Crippen molar-refractivity contribution in [1.82, 2.24) is 4.98 Å². The number of ether oxygens (including phenoxy) is 5. The average Bonchev–Trinajstić information content (AvgIpc) is 3.28. The fourth-order valence-corrected chi connectivity index (χ4v) is 2.99. The molecule has 0 unspecified atom stereocenters. The molecule has 0 fully saturated rings. The standard InChI is InChI=1S/C22H24N2O7/c1-26-14-11-18(27-2)15(19(12-14)28-3)10-13-6-8-17(31-13)21(25)23-16-7-9-20(29-4)24-22(16)30-5/h6-9,11-12H,10H2,1-5H3,(H,23,25). The molecule has 0 spiro atoms. The normalized spacial score (nSPS) is 10.4. The molecule has 1 aromatic carbocycles. The van der Waals surface area contributed by atoms with Gasteiger partial charge in [0.1, 0.15) is 28.7 Å². The molecular formula is C22H24N2O7. The quantitative estimate of drug-likeness (QED) is 0.552. The highest BCUT2D eigenvalue weighted by Gasteiger charge is 2.19. The molecule has 9 heteroatoms. The first-order valence-corrected chi connectivity index (χ1v) is 9.30. The number of carbonyl (C=O) groups is 1. The Morgan fingerprint density at radius 2 is 1.61 bits per heavy atom. The summed E-state index contributed by atoms with van der Waals surface area (Å²) < 4.78 is 32.2. The second kappa shape index (κ2) is 9.75. The molecule has 31 heavy (non-hydrogen) atoms. The molecule has 0 aliphatic heterocycles. The van der Waals surface area contributed by atoms with Gasteiger partial charge in [-0.05, 0) is 18.2 Å². The van der Waals surface area contributed by atoms with Gasteiger partial charge in [-0.1, -0.05) is 0 Å². The number of nitrogens with zero attached hydrogens (tertiary/aromatic N) is 1. The minimum atomic E-state index is -0.440. The maximum Gasteiger partial charge on any atom is 0.291 e. The van der Waals surface area contributed by atoms with Crippen molar-refractivity contribution in [2.45, 2.75) is 6.42 Å². The lowest BCUT2D eigenvalue weighted by Crippen LogP contribution is -2.12. The Labute approximate surface area is 179 Å². The maximum absolute atomic E-state index is 12.6. The molecule has 164 valence electrons. The van der Waals surface area contributed by atoms with E-state index in [1.165, 1.54) is 14.2 Å². The first-order valence-electron chi connectivity index (χ1n) is 9.30. The van der Waals surface area contributed by atoms with E-state index in [9.17, 15) is 4.79 Å². The van der Waals surface area contributed by atoms with Crippen LogP contribution < -0.4 is 29.0 Å². The molecule has 0 radical (unpaired) electrons. The molecular weight excluding hydrogens is 404 g/mol. The lowest BCUT2D eigenvalue weighted by molar-refractivity contribution is 0.0994. The second-order valence-corrected chi connectivity index (χ2v) is 6.32. The summed E-state index contributed by atoms with van der Waals surface area (Å²) in [7, 11) is 7.65. The van der Waals surface area contributed by atoms with Crippen LogP contribution in [0.4, 0.5) is 5.69 Å². The van der Waals surface area contributed by atoms with Crippen molar-refractivity contribution in [3.63, 3.8) is 0 Å². The van der Waals surface area contributed by atoms with Crippen LogP contribution in [0.5, 0.6) is 29.0 Å². The summed E-state index contributed by atoms with van der Waals surface area (Å²) in [6, 6.07) is 10.1. The number of furan rings is 1. The van der Waals surface area contributed by atoms with Crippen molar-refractivity contribution < 1.29 is 32.9 Å². The molecule has 0 atom stereocenters. The Balaban J connectivity index is 1.80. The molecule has 1 N–H and O–H groups in total. The topological polar surface area (TPSA) is 101 Å². The van der Waals surface area contributed by atoms with Gasteiger partial charge in [-0.3, -0.25) is 4.79 Å². The van der Waals surface area contributed by atoms with Gasteiger partial charge in [0.05, 0.1) is 35.5 Å². The fraction of sp³-hybridized carbons (Fsp3) is 0.273. The minimum Gasteiger partial charge on any atom is -0.496 e. The van der Waals surface area contributed by atoms with Crippen LogP contribution in [0, 0.1) is 0 Å². The van der Waals surface area contributed by atoms with Crippen LogP contribution >= 0.6 is 0 Å². The lowest BCUT2D eigenvalue weighted by Gasteiger charge is -2.14. The largest absolute Gasteiger partial charge is 0.496 e. The van der Waals surface area contributed by atoms with Crippen LogP contribution in [-0.4, -0.2) is 46.4 Å². The zero-order valence-electron chi connectivity index (χ0n) is 18.0. The third-order valence-corrected chi connectivity index (χ3v) is 4.54. The highest BCUT2D eigenvalue weighted by Crippen LogP contribution is 2.36. The Bertz CT molecular complexity index is 1040. The summed E-state index contributed by atoms with van der Waals surface area (Å²) in [4.78, 5) is 16.8. The first-order chi connectivity index (χ1) is 15.0. The number of anilines is 1. The van der Waals surface area contributed by atoms with Gasteiger partial charge in [0.25, 0.3) is 5.91 Å². The number of aromatic nitrogens is 1. The van der Waals surface area contributed by atoms with E-state index in [1.54, 1.807) is 57.7 Å². The summed E-state index contributed by atoms with van der Waals surface area (Å²) in [5, 5.41) is 2.72. The van der Waals surface area contributed by atoms with Crippen molar-refractivity contribution in [2.75, 3.05) is 40.9 Å². The van der Waals surface area contributed by atoms with Gasteiger partial charge in [-0.25, -0.2) is 0 Å². The predicted molar refractivity (Wildman–Crippen MR) is 113 cm³/mol. The van der Waals surface area contributed by atoms with E-state index in [4.69, 9.17) is 28.1 Å². The number of hydrogen-bond donors (Lipinski definition) is 1. The van der Waals surface area contributed by atoms with Crippen molar-refractivity contribution in [3.05, 3.63) is 53.5 Å². The molecule has 0 aliphatic carbocycles. The zero-order chi connectivity index (χ0) is 22.4. The monoisotopic (exact) mass is 428 g/mol. The molecule has 0 saturated carbocycles. The second-order valence-electron chi connectivity index (χ2n) is 6.32.